The molecule has 0 radical (unpaired) electrons. The fourth-order valence-electron chi connectivity index (χ4n) is 1.13. The molecule has 1 aromatic rings. The van der Waals surface area contributed by atoms with E-state index in [-0.39, 0.29) is 5.91 Å². The van der Waals surface area contributed by atoms with Crippen LogP contribution in [0.5, 0.6) is 0 Å². The summed E-state index contributed by atoms with van der Waals surface area (Å²) in [5.74, 6) is 5.41. The molecule has 0 saturated heterocycles. The average molecular weight is 256 g/mol. The summed E-state index contributed by atoms with van der Waals surface area (Å²) in [6.07, 6.45) is 0.632. The Hall–Kier alpha value is -1.17. The second-order valence-electron chi connectivity index (χ2n) is 3.06. The van der Waals surface area contributed by atoms with Gasteiger partial charge in [-0.1, -0.05) is 23.2 Å². The number of benzene rings is 1. The minimum Gasteiger partial charge on any atom is -0.351 e. The van der Waals surface area contributed by atoms with Gasteiger partial charge >= 0.3 is 0 Å². The SMILES string of the molecule is CC#CCCNC(=O)c1ccc(Cl)cc1Cl. The second-order valence-corrected chi connectivity index (χ2v) is 3.90. The Kier molecular flexibility index (Phi) is 5.18. The fourth-order valence-corrected chi connectivity index (χ4v) is 1.63. The van der Waals surface area contributed by atoms with Gasteiger partial charge in [0.25, 0.3) is 5.91 Å². The Morgan fingerprint density at radius 2 is 2.19 bits per heavy atom. The van der Waals surface area contributed by atoms with Crippen LogP contribution in [0.15, 0.2) is 18.2 Å². The molecule has 4 heteroatoms. The van der Waals surface area contributed by atoms with Gasteiger partial charge in [0.15, 0.2) is 0 Å². The van der Waals surface area contributed by atoms with Gasteiger partial charge in [0.2, 0.25) is 0 Å². The second kappa shape index (κ2) is 6.42. The summed E-state index contributed by atoms with van der Waals surface area (Å²) < 4.78 is 0. The van der Waals surface area contributed by atoms with Crippen molar-refractivity contribution in [1.29, 1.82) is 0 Å². The highest BCUT2D eigenvalue weighted by molar-refractivity contribution is 6.36. The van der Waals surface area contributed by atoms with E-state index in [9.17, 15) is 4.79 Å². The first-order valence-corrected chi connectivity index (χ1v) is 5.53. The lowest BCUT2D eigenvalue weighted by Gasteiger charge is -2.05. The molecule has 1 amide bonds. The van der Waals surface area contributed by atoms with Gasteiger partial charge in [-0.15, -0.1) is 11.8 Å². The first-order valence-electron chi connectivity index (χ1n) is 4.78. The lowest BCUT2D eigenvalue weighted by atomic mass is 10.2. The summed E-state index contributed by atoms with van der Waals surface area (Å²) in [6, 6.07) is 4.78. The maximum atomic E-state index is 11.7. The van der Waals surface area contributed by atoms with Crippen LogP contribution >= 0.6 is 23.2 Å². The molecule has 0 spiro atoms. The maximum Gasteiger partial charge on any atom is 0.252 e. The van der Waals surface area contributed by atoms with E-state index in [0.29, 0.717) is 28.6 Å². The molecule has 0 unspecified atom stereocenters. The van der Waals surface area contributed by atoms with Gasteiger partial charge in [-0.3, -0.25) is 4.79 Å². The lowest BCUT2D eigenvalue weighted by molar-refractivity contribution is 0.0954. The van der Waals surface area contributed by atoms with Gasteiger partial charge in [-0.05, 0) is 25.1 Å². The van der Waals surface area contributed by atoms with Crippen LogP contribution in [0.25, 0.3) is 0 Å². The molecule has 0 saturated carbocycles. The summed E-state index contributed by atoms with van der Waals surface area (Å²) in [4.78, 5) is 11.7. The first-order chi connectivity index (χ1) is 7.65. The van der Waals surface area contributed by atoms with Gasteiger partial charge in [0.05, 0.1) is 10.6 Å². The van der Waals surface area contributed by atoms with Crippen molar-refractivity contribution in [3.8, 4) is 11.8 Å². The number of amides is 1. The predicted molar refractivity (Wildman–Crippen MR) is 66.9 cm³/mol. The smallest absolute Gasteiger partial charge is 0.252 e. The minimum atomic E-state index is -0.209. The van der Waals surface area contributed by atoms with Crippen molar-refractivity contribution in [2.75, 3.05) is 6.54 Å². The lowest BCUT2D eigenvalue weighted by Crippen LogP contribution is -2.24. The third-order valence-corrected chi connectivity index (χ3v) is 2.44. The quantitative estimate of drug-likeness (QED) is 0.653. The van der Waals surface area contributed by atoms with Crippen LogP contribution in [0, 0.1) is 11.8 Å². The molecule has 0 heterocycles. The number of hydrogen-bond donors (Lipinski definition) is 1. The first kappa shape index (κ1) is 12.9. The van der Waals surface area contributed by atoms with Crippen molar-refractivity contribution in [3.05, 3.63) is 33.8 Å². The van der Waals surface area contributed by atoms with E-state index in [4.69, 9.17) is 23.2 Å². The van der Waals surface area contributed by atoms with E-state index in [1.54, 1.807) is 25.1 Å². The monoisotopic (exact) mass is 255 g/mol. The Morgan fingerprint density at radius 3 is 2.81 bits per heavy atom. The van der Waals surface area contributed by atoms with Crippen molar-refractivity contribution in [3.63, 3.8) is 0 Å². The zero-order valence-corrected chi connectivity index (χ0v) is 10.3. The molecule has 0 aromatic heterocycles. The molecular weight excluding hydrogens is 245 g/mol. The molecule has 0 fully saturated rings. The predicted octanol–water partition coefficient (Wildman–Crippen LogP) is 3.14. The topological polar surface area (TPSA) is 29.1 Å². The van der Waals surface area contributed by atoms with E-state index in [1.165, 1.54) is 0 Å². The molecule has 0 aliphatic carbocycles. The summed E-state index contributed by atoms with van der Waals surface area (Å²) in [5.41, 5.74) is 0.426. The van der Waals surface area contributed by atoms with E-state index < -0.39 is 0 Å². The van der Waals surface area contributed by atoms with Crippen molar-refractivity contribution in [2.24, 2.45) is 0 Å². The van der Waals surface area contributed by atoms with Crippen molar-refractivity contribution >= 4 is 29.1 Å². The highest BCUT2D eigenvalue weighted by atomic mass is 35.5. The molecule has 1 rings (SSSR count). The summed E-state index contributed by atoms with van der Waals surface area (Å²) in [7, 11) is 0. The van der Waals surface area contributed by atoms with Gasteiger partial charge in [-0.2, -0.15) is 0 Å². The zero-order valence-electron chi connectivity index (χ0n) is 8.81. The van der Waals surface area contributed by atoms with E-state index in [2.05, 4.69) is 17.2 Å². The number of nitrogens with one attached hydrogen (secondary N) is 1. The molecule has 84 valence electrons. The molecular formula is C12H11Cl2NO. The van der Waals surface area contributed by atoms with Gasteiger partial charge in [0.1, 0.15) is 0 Å². The third kappa shape index (κ3) is 3.77. The normalized spacial score (nSPS) is 9.19. The number of rotatable bonds is 3. The van der Waals surface area contributed by atoms with Crippen LogP contribution in [0.3, 0.4) is 0 Å². The molecule has 0 aliphatic rings. The largest absolute Gasteiger partial charge is 0.351 e. The van der Waals surface area contributed by atoms with E-state index >= 15 is 0 Å². The van der Waals surface area contributed by atoms with Crippen molar-refractivity contribution < 1.29 is 4.79 Å². The number of halogens is 2. The van der Waals surface area contributed by atoms with Crippen LogP contribution < -0.4 is 5.32 Å². The molecule has 0 atom stereocenters. The van der Waals surface area contributed by atoms with Crippen LogP contribution in [0.4, 0.5) is 0 Å². The standard InChI is InChI=1S/C12H11Cl2NO/c1-2-3-4-7-15-12(16)10-6-5-9(13)8-11(10)14/h5-6,8H,4,7H2,1H3,(H,15,16). The molecule has 1 aromatic carbocycles. The highest BCUT2D eigenvalue weighted by Gasteiger charge is 2.09. The van der Waals surface area contributed by atoms with Crippen molar-refractivity contribution in [1.82, 2.24) is 5.32 Å². The Bertz CT molecular complexity index is 446. The third-order valence-electron chi connectivity index (χ3n) is 1.89. The maximum absolute atomic E-state index is 11.7. The molecule has 0 bridgehead atoms. The van der Waals surface area contributed by atoms with Crippen LogP contribution in [0.2, 0.25) is 10.0 Å². The number of carbonyl (C=O) groups excluding carboxylic acids is 1. The molecule has 16 heavy (non-hydrogen) atoms. The van der Waals surface area contributed by atoms with E-state index in [0.717, 1.165) is 0 Å². The van der Waals surface area contributed by atoms with Crippen molar-refractivity contribution in [2.45, 2.75) is 13.3 Å². The minimum absolute atomic E-state index is 0.209. The molecule has 0 aliphatic heterocycles. The van der Waals surface area contributed by atoms with Crippen LogP contribution in [0.1, 0.15) is 23.7 Å². The summed E-state index contributed by atoms with van der Waals surface area (Å²) in [5, 5.41) is 3.59. The zero-order chi connectivity index (χ0) is 12.0. The highest BCUT2D eigenvalue weighted by Crippen LogP contribution is 2.20. The molecule has 1 N–H and O–H groups in total. The fraction of sp³-hybridized carbons (Fsp3) is 0.250. The van der Waals surface area contributed by atoms with E-state index in [1.807, 2.05) is 0 Å². The van der Waals surface area contributed by atoms with Gasteiger partial charge < -0.3 is 5.32 Å². The number of carbonyl (C=O) groups is 1. The number of hydrogen-bond acceptors (Lipinski definition) is 1. The summed E-state index contributed by atoms with van der Waals surface area (Å²) in [6.45, 7) is 2.27. The van der Waals surface area contributed by atoms with Gasteiger partial charge in [-0.25, -0.2) is 0 Å². The summed E-state index contributed by atoms with van der Waals surface area (Å²) >= 11 is 11.6. The van der Waals surface area contributed by atoms with Gasteiger partial charge in [0, 0.05) is 18.0 Å². The Morgan fingerprint density at radius 1 is 1.44 bits per heavy atom. The van der Waals surface area contributed by atoms with Crippen LogP contribution in [-0.4, -0.2) is 12.5 Å². The van der Waals surface area contributed by atoms with Crippen LogP contribution in [-0.2, 0) is 0 Å². The Balaban J connectivity index is 2.61. The average Bonchev–Trinajstić information content (AvgIpc) is 2.24. The Labute approximate surface area is 105 Å². The molecule has 2 nitrogen and oxygen atoms in total.